The monoisotopic (exact) mass is 564 g/mol. The first-order valence-corrected chi connectivity index (χ1v) is 8.90. The van der Waals surface area contributed by atoms with E-state index in [1.165, 1.54) is 0 Å². The van der Waals surface area contributed by atoms with Gasteiger partial charge in [-0.15, -0.1) is 0 Å². The molecule has 2 N–H and O–H groups in total. The van der Waals surface area contributed by atoms with E-state index in [1.54, 1.807) is 0 Å². The molecule has 0 amide bonds. The molecule has 0 radical (unpaired) electrons. The van der Waals surface area contributed by atoms with Gasteiger partial charge in [-0.2, -0.15) is 69.5 Å². The minimum atomic E-state index is -6.93. The van der Waals surface area contributed by atoms with E-state index in [-0.39, 0.29) is 37.7 Å². The predicted molar refractivity (Wildman–Crippen MR) is 62.8 cm³/mol. The maximum absolute atomic E-state index is 12.3. The van der Waals surface area contributed by atoms with Gasteiger partial charge in [0.25, 0.3) is 0 Å². The Balaban J connectivity index is -0.000000250. The molecule has 0 heterocycles. The van der Waals surface area contributed by atoms with Crippen LogP contribution in [0.5, 0.6) is 0 Å². The van der Waals surface area contributed by atoms with Gasteiger partial charge in [0.2, 0.25) is 0 Å². The van der Waals surface area contributed by atoms with E-state index in [9.17, 15) is 89.3 Å². The van der Waals surface area contributed by atoms with Crippen molar-refractivity contribution in [2.75, 3.05) is 0 Å². The molecule has 0 aromatic heterocycles. The largest absolute Gasteiger partial charge is 1.00 e. The fourth-order valence-corrected chi connectivity index (χ4v) is 1.85. The molecule has 26 heteroatoms. The number of hydrogen-bond donors (Lipinski definition) is 2. The summed E-state index contributed by atoms with van der Waals surface area (Å²) in [5.41, 5.74) is 0. The van der Waals surface area contributed by atoms with Crippen molar-refractivity contribution in [1.29, 1.82) is 0 Å². The van der Waals surface area contributed by atoms with Gasteiger partial charge in [0.1, 0.15) is 11.9 Å². The third-order valence-corrected chi connectivity index (χ3v) is 4.49. The SMILES string of the molecule is O=C([O-])C(F)(F)C(F)(F)C(F)(F)S(=O)(=O)O.O=C([O-])C(F)(F)C(F)(F)C(F)(F)S(=O)(=O)O.[Li+].[Li+]. The summed E-state index contributed by atoms with van der Waals surface area (Å²) >= 11 is 0. The van der Waals surface area contributed by atoms with E-state index < -0.39 is 66.4 Å². The van der Waals surface area contributed by atoms with Crippen molar-refractivity contribution >= 4 is 32.2 Å². The van der Waals surface area contributed by atoms with E-state index in [4.69, 9.17) is 9.11 Å². The zero-order valence-corrected chi connectivity index (χ0v) is 17.1. The van der Waals surface area contributed by atoms with Crippen molar-refractivity contribution in [3.63, 3.8) is 0 Å². The fraction of sp³-hybridized carbons (Fsp3) is 0.750. The van der Waals surface area contributed by atoms with Crippen molar-refractivity contribution in [3.8, 4) is 0 Å². The minimum absolute atomic E-state index is 0. The molecule has 192 valence electrons. The van der Waals surface area contributed by atoms with Crippen LogP contribution in [-0.4, -0.2) is 72.1 Å². The van der Waals surface area contributed by atoms with Crippen molar-refractivity contribution in [1.82, 2.24) is 0 Å². The van der Waals surface area contributed by atoms with Crippen LogP contribution in [0.15, 0.2) is 0 Å². The zero-order chi connectivity index (χ0) is 27.2. The summed E-state index contributed by atoms with van der Waals surface area (Å²) in [7, 11) is -13.9. The van der Waals surface area contributed by atoms with E-state index in [0.29, 0.717) is 0 Å². The zero-order valence-electron chi connectivity index (χ0n) is 15.5. The molecule has 0 saturated carbocycles. The second-order valence-electron chi connectivity index (χ2n) is 4.86. The number of halogens is 12. The molecule has 10 nitrogen and oxygen atoms in total. The molecule has 0 fully saturated rings. The summed E-state index contributed by atoms with van der Waals surface area (Å²) in [6.07, 6.45) is 0. The Kier molecular flexibility index (Phi) is 13.1. The standard InChI is InChI=1S/2C4H2F6O5S.2Li/c2*5-2(6,1(11)12)3(7,8)4(9,10)16(13,14)15;;/h2*(H,11,12)(H,13,14,15);;/q;;2*+1/p-2. The minimum Gasteiger partial charge on any atom is -0.544 e. The topological polar surface area (TPSA) is 189 Å². The Hall–Kier alpha value is -0.885. The molecule has 0 aliphatic carbocycles. The molecule has 0 aliphatic heterocycles. The first kappa shape index (κ1) is 40.3. The van der Waals surface area contributed by atoms with Crippen LogP contribution in [0.1, 0.15) is 0 Å². The Morgan fingerprint density at radius 2 is 0.676 bits per heavy atom. The molecule has 0 saturated heterocycles. The summed E-state index contributed by atoms with van der Waals surface area (Å²) in [6, 6.07) is 0. The summed E-state index contributed by atoms with van der Waals surface area (Å²) in [5.74, 6) is -34.5. The summed E-state index contributed by atoms with van der Waals surface area (Å²) in [6.45, 7) is 0. The van der Waals surface area contributed by atoms with Crippen LogP contribution in [0, 0.1) is 0 Å². The number of carbonyl (C=O) groups is 2. The number of carbonyl (C=O) groups excluding carboxylic acids is 2. The molecular weight excluding hydrogens is 562 g/mol. The number of aliphatic carboxylic acids is 2. The number of carboxylic acid groups (broad SMARTS) is 2. The van der Waals surface area contributed by atoms with Crippen LogP contribution in [0.25, 0.3) is 0 Å². The molecule has 0 atom stereocenters. The van der Waals surface area contributed by atoms with Gasteiger partial charge in [-0.1, -0.05) is 0 Å². The van der Waals surface area contributed by atoms with Gasteiger partial charge >= 0.3 is 92.2 Å². The second kappa shape index (κ2) is 11.0. The second-order valence-corrected chi connectivity index (χ2v) is 7.78. The first-order chi connectivity index (χ1) is 13.4. The number of hydrogen-bond acceptors (Lipinski definition) is 8. The summed E-state index contributed by atoms with van der Waals surface area (Å²) in [5, 5.41) is 5.63. The molecule has 34 heavy (non-hydrogen) atoms. The Labute approximate surface area is 202 Å². The molecule has 0 aromatic carbocycles. The Morgan fingerprint density at radius 1 is 0.529 bits per heavy atom. The molecule has 0 bridgehead atoms. The van der Waals surface area contributed by atoms with Crippen LogP contribution < -0.4 is 47.9 Å². The molecular formula is C8H2F12Li2O10S2. The van der Waals surface area contributed by atoms with Crippen molar-refractivity contribution in [2.24, 2.45) is 0 Å². The third kappa shape index (κ3) is 6.66. The van der Waals surface area contributed by atoms with Gasteiger partial charge < -0.3 is 19.8 Å². The number of carboxylic acids is 2. The van der Waals surface area contributed by atoms with Crippen LogP contribution >= 0.6 is 0 Å². The van der Waals surface area contributed by atoms with Crippen molar-refractivity contribution < 1.29 is 136 Å². The van der Waals surface area contributed by atoms with Crippen molar-refractivity contribution in [3.05, 3.63) is 0 Å². The van der Waals surface area contributed by atoms with E-state index in [0.717, 1.165) is 0 Å². The van der Waals surface area contributed by atoms with Crippen LogP contribution in [0.2, 0.25) is 0 Å². The van der Waals surface area contributed by atoms with Gasteiger partial charge in [-0.25, -0.2) is 0 Å². The van der Waals surface area contributed by atoms with E-state index in [1.807, 2.05) is 0 Å². The first-order valence-electron chi connectivity index (χ1n) is 6.02. The summed E-state index contributed by atoms with van der Waals surface area (Å²) < 4.78 is 200. The molecule has 0 aromatic rings. The molecule has 0 unspecified atom stereocenters. The van der Waals surface area contributed by atoms with Crippen LogP contribution in [0.4, 0.5) is 52.7 Å². The average Bonchev–Trinajstić information content (AvgIpc) is 2.52. The molecule has 0 aliphatic rings. The van der Waals surface area contributed by atoms with Gasteiger partial charge in [0.05, 0.1) is 0 Å². The van der Waals surface area contributed by atoms with E-state index in [2.05, 4.69) is 0 Å². The molecule has 0 spiro atoms. The number of alkyl halides is 12. The van der Waals surface area contributed by atoms with Gasteiger partial charge in [0.15, 0.2) is 0 Å². The van der Waals surface area contributed by atoms with Gasteiger partial charge in [0, 0.05) is 0 Å². The maximum atomic E-state index is 12.3. The predicted octanol–water partition coefficient (Wildman–Crippen LogP) is -7.02. The summed E-state index contributed by atoms with van der Waals surface area (Å²) in [4.78, 5) is 19.0. The van der Waals surface area contributed by atoms with Gasteiger partial charge in [-0.05, 0) is 0 Å². The van der Waals surface area contributed by atoms with Crippen molar-refractivity contribution in [2.45, 2.75) is 34.2 Å². The van der Waals surface area contributed by atoms with Crippen LogP contribution in [0.3, 0.4) is 0 Å². The normalized spacial score (nSPS) is 14.1. The smallest absolute Gasteiger partial charge is 0.544 e. The number of rotatable bonds is 8. The quantitative estimate of drug-likeness (QED) is 0.163. The third-order valence-electron chi connectivity index (χ3n) is 2.68. The average molecular weight is 564 g/mol. The Bertz CT molecular complexity index is 887. The fourth-order valence-electron chi connectivity index (χ4n) is 0.946. The Morgan fingerprint density at radius 3 is 0.765 bits per heavy atom. The molecule has 0 rings (SSSR count). The van der Waals surface area contributed by atoms with Crippen LogP contribution in [-0.2, 0) is 29.8 Å². The maximum Gasteiger partial charge on any atom is 1.00 e. The van der Waals surface area contributed by atoms with Gasteiger partial charge in [-0.3, -0.25) is 9.11 Å². The van der Waals surface area contributed by atoms with E-state index >= 15 is 0 Å².